The molecule has 0 aromatic heterocycles. The first-order chi connectivity index (χ1) is 9.83. The molecule has 0 saturated carbocycles. The summed E-state index contributed by atoms with van der Waals surface area (Å²) in [4.78, 5) is 0. The minimum absolute atomic E-state index is 0. The van der Waals surface area contributed by atoms with Crippen molar-refractivity contribution in [3.05, 3.63) is 18.8 Å². The second kappa shape index (κ2) is 10.2. The Hall–Kier alpha value is 0.161. The first-order valence-electron chi connectivity index (χ1n) is 8.52. The van der Waals surface area contributed by atoms with Crippen LogP contribution in [0.1, 0.15) is 47.0 Å². The molecule has 0 bridgehead atoms. The van der Waals surface area contributed by atoms with Crippen LogP contribution in [0.25, 0.3) is 0 Å². The summed E-state index contributed by atoms with van der Waals surface area (Å²) < 4.78 is 6.58. The van der Waals surface area contributed by atoms with E-state index in [1.165, 1.54) is 0 Å². The van der Waals surface area contributed by atoms with Crippen molar-refractivity contribution >= 4 is 16.4 Å². The van der Waals surface area contributed by atoms with Crippen molar-refractivity contribution in [3.8, 4) is 11.5 Å². The molecule has 0 aliphatic carbocycles. The second-order valence-corrected chi connectivity index (χ2v) is 17.9. The molecule has 0 aromatic rings. The Bertz CT molecular complexity index is 411. The van der Waals surface area contributed by atoms with Crippen molar-refractivity contribution in [3.63, 3.8) is 0 Å². The molecule has 0 atom stereocenters. The largest absolute Gasteiger partial charge is 1.00 e. The predicted molar refractivity (Wildman–Crippen MR) is 106 cm³/mol. The Morgan fingerprint density at radius 3 is 2.09 bits per heavy atom. The van der Waals surface area contributed by atoms with Gasteiger partial charge in [0.05, 0.1) is 0 Å². The first-order valence-corrected chi connectivity index (χ1v) is 14.9. The van der Waals surface area contributed by atoms with Gasteiger partial charge in [0.25, 0.3) is 0 Å². The van der Waals surface area contributed by atoms with E-state index in [-0.39, 0.29) is 23.9 Å². The van der Waals surface area contributed by atoms with E-state index < -0.39 is 16.4 Å². The van der Waals surface area contributed by atoms with Crippen LogP contribution in [0.15, 0.2) is 12.7 Å². The van der Waals surface area contributed by atoms with Gasteiger partial charge in [0.2, 0.25) is 0 Å². The third-order valence-electron chi connectivity index (χ3n) is 4.76. The Kier molecular flexibility index (Phi) is 11.3. The van der Waals surface area contributed by atoms with Gasteiger partial charge in [0.1, 0.15) is 0 Å². The molecule has 0 saturated heterocycles. The molecule has 0 spiro atoms. The molecule has 0 heterocycles. The quantitative estimate of drug-likeness (QED) is 0.216. The fourth-order valence-electron chi connectivity index (χ4n) is 1.94. The molecule has 0 aromatic carbocycles. The molecule has 0 rings (SSSR count). The van der Waals surface area contributed by atoms with Crippen LogP contribution >= 0.6 is 0 Å². The average molecular weight is 345 g/mol. The zero-order chi connectivity index (χ0) is 17.6. The Labute approximate surface area is 160 Å². The zero-order valence-corrected chi connectivity index (χ0v) is 19.4. The topological polar surface area (TPSA) is 9.23 Å². The normalized spacial score (nSPS) is 12.3. The Morgan fingerprint density at radius 2 is 1.70 bits per heavy atom. The first kappa shape index (κ1) is 25.4. The van der Waals surface area contributed by atoms with Gasteiger partial charge in [-0.05, 0) is 30.5 Å². The minimum Gasteiger partial charge on any atom is -0.470 e. The summed E-state index contributed by atoms with van der Waals surface area (Å²) >= 11 is 0. The van der Waals surface area contributed by atoms with Crippen LogP contribution in [0.3, 0.4) is 0 Å². The van der Waals surface area contributed by atoms with Crippen molar-refractivity contribution in [2.45, 2.75) is 84.7 Å². The number of hydrogen-bond acceptors (Lipinski definition) is 1. The summed E-state index contributed by atoms with van der Waals surface area (Å²) in [5.74, 6) is 4.00. The fraction of sp³-hybridized carbons (Fsp3) is 0.737. The standard InChI is InChI=1S/C19H37OSi2.Li/c1-11-12-13-14-18(15-16-21(6,7)8)20-22(9,10)19(4,5)17(2)3;/h11,17H,1,12-14H2,2-10H3;/q-1;+1. The molecular weight excluding hydrogens is 307 g/mol. The monoisotopic (exact) mass is 344 g/mol. The molecule has 0 aliphatic rings. The Balaban J connectivity index is 0. The van der Waals surface area contributed by atoms with Gasteiger partial charge in [-0.3, -0.25) is 5.92 Å². The molecule has 128 valence electrons. The molecule has 1 nitrogen and oxygen atoms in total. The van der Waals surface area contributed by atoms with Crippen LogP contribution < -0.4 is 18.9 Å². The van der Waals surface area contributed by atoms with Crippen molar-refractivity contribution in [2.75, 3.05) is 0 Å². The molecule has 0 fully saturated rings. The van der Waals surface area contributed by atoms with E-state index in [0.717, 1.165) is 25.4 Å². The smallest absolute Gasteiger partial charge is 0.470 e. The van der Waals surface area contributed by atoms with Gasteiger partial charge in [0.15, 0.2) is 8.32 Å². The molecule has 0 N–H and O–H groups in total. The maximum Gasteiger partial charge on any atom is 1.00 e. The van der Waals surface area contributed by atoms with Crippen molar-refractivity contribution in [1.29, 1.82) is 0 Å². The van der Waals surface area contributed by atoms with E-state index in [0.29, 0.717) is 5.92 Å². The number of allylic oxidation sites excluding steroid dienone is 1. The third-order valence-corrected chi connectivity index (χ3v) is 10.1. The van der Waals surface area contributed by atoms with E-state index in [4.69, 9.17) is 4.43 Å². The average Bonchev–Trinajstić information content (AvgIpc) is 2.34. The summed E-state index contributed by atoms with van der Waals surface area (Å²) in [5.41, 5.74) is 3.48. The second-order valence-electron chi connectivity index (χ2n) is 8.59. The van der Waals surface area contributed by atoms with E-state index >= 15 is 0 Å². The molecular formula is C19H37LiOSi2. The summed E-state index contributed by atoms with van der Waals surface area (Å²) in [6.07, 6.45) is 6.02. The van der Waals surface area contributed by atoms with Gasteiger partial charge in [-0.15, -0.1) is 6.58 Å². The molecule has 0 aliphatic heterocycles. The van der Waals surface area contributed by atoms with E-state index in [9.17, 15) is 0 Å². The summed E-state index contributed by atoms with van der Waals surface area (Å²) in [7, 11) is -3.24. The Morgan fingerprint density at radius 1 is 1.17 bits per heavy atom. The number of hydrogen-bond donors (Lipinski definition) is 0. The van der Waals surface area contributed by atoms with Gasteiger partial charge in [0, 0.05) is 8.07 Å². The molecule has 0 unspecified atom stereocenters. The summed E-state index contributed by atoms with van der Waals surface area (Å²) in [6.45, 7) is 24.6. The third kappa shape index (κ3) is 9.28. The maximum atomic E-state index is 6.58. The van der Waals surface area contributed by atoms with Crippen LogP contribution in [-0.2, 0) is 4.43 Å². The summed E-state index contributed by atoms with van der Waals surface area (Å²) in [5, 5.41) is 0.220. The zero-order valence-electron chi connectivity index (χ0n) is 17.4. The molecule has 0 radical (unpaired) electrons. The minimum atomic E-state index is -1.86. The van der Waals surface area contributed by atoms with Crippen LogP contribution in [0.4, 0.5) is 0 Å². The van der Waals surface area contributed by atoms with Gasteiger partial charge in [-0.1, -0.05) is 72.4 Å². The van der Waals surface area contributed by atoms with Gasteiger partial charge in [-0.25, -0.2) is 0 Å². The van der Waals surface area contributed by atoms with E-state index in [2.05, 4.69) is 78.5 Å². The van der Waals surface area contributed by atoms with E-state index in [1.807, 2.05) is 6.08 Å². The SMILES string of the molecule is C=CCCC[C-](C#C[Si](C)(C)C)O[Si](C)(C)C(C)(C)C(C)C.[Li+]. The van der Waals surface area contributed by atoms with Crippen LogP contribution in [0.5, 0.6) is 0 Å². The van der Waals surface area contributed by atoms with Crippen molar-refractivity contribution in [1.82, 2.24) is 0 Å². The van der Waals surface area contributed by atoms with Gasteiger partial charge < -0.3 is 9.97 Å². The molecule has 0 amide bonds. The number of unbranched alkanes of at least 4 members (excludes halogenated alkanes) is 1. The fourth-order valence-corrected chi connectivity index (χ4v) is 4.87. The predicted octanol–water partition coefficient (Wildman–Crippen LogP) is 3.42. The van der Waals surface area contributed by atoms with Gasteiger partial charge >= 0.3 is 18.9 Å². The maximum absolute atomic E-state index is 6.58. The molecule has 23 heavy (non-hydrogen) atoms. The van der Waals surface area contributed by atoms with E-state index in [1.54, 1.807) is 0 Å². The van der Waals surface area contributed by atoms with Crippen molar-refractivity contribution < 1.29 is 23.3 Å². The summed E-state index contributed by atoms with van der Waals surface area (Å²) in [6, 6.07) is 0. The van der Waals surface area contributed by atoms with Crippen LogP contribution in [-0.4, -0.2) is 16.4 Å². The van der Waals surface area contributed by atoms with Crippen LogP contribution in [0.2, 0.25) is 37.8 Å². The van der Waals surface area contributed by atoms with Crippen LogP contribution in [0, 0.1) is 23.5 Å². The molecule has 4 heteroatoms. The van der Waals surface area contributed by atoms with Crippen molar-refractivity contribution in [2.24, 2.45) is 5.92 Å². The number of rotatable bonds is 8. The van der Waals surface area contributed by atoms with Gasteiger partial charge in [-0.2, -0.15) is 0 Å².